The van der Waals surface area contributed by atoms with Gasteiger partial charge in [0.25, 0.3) is 0 Å². The van der Waals surface area contributed by atoms with E-state index in [-0.39, 0.29) is 0 Å². The molecule has 1 fully saturated rings. The molecule has 0 aromatic carbocycles. The van der Waals surface area contributed by atoms with E-state index in [0.717, 1.165) is 31.3 Å². The second-order valence-corrected chi connectivity index (χ2v) is 2.54. The van der Waals surface area contributed by atoms with Gasteiger partial charge in [0.1, 0.15) is 5.94 Å². The average Bonchev–Trinajstić information content (AvgIpc) is 1.90. The molecule has 9 heavy (non-hydrogen) atoms. The fourth-order valence-corrected chi connectivity index (χ4v) is 1.09. The Labute approximate surface area is 54.7 Å². The van der Waals surface area contributed by atoms with E-state index in [2.05, 4.69) is 0 Å². The summed E-state index contributed by atoms with van der Waals surface area (Å²) in [7, 11) is 0. The van der Waals surface area contributed by atoms with Crippen LogP contribution in [-0.2, 0) is 4.79 Å². The minimum Gasteiger partial charge on any atom is -0.328 e. The van der Waals surface area contributed by atoms with Gasteiger partial charge in [-0.1, -0.05) is 0 Å². The van der Waals surface area contributed by atoms with E-state index in [0.29, 0.717) is 6.04 Å². The highest BCUT2D eigenvalue weighted by atomic mass is 16.1. The highest BCUT2D eigenvalue weighted by Gasteiger charge is 2.12. The number of hydrogen-bond acceptors (Lipinski definition) is 2. The minimum absolute atomic E-state index is 0.321. The van der Waals surface area contributed by atoms with Crippen LogP contribution in [0.25, 0.3) is 0 Å². The predicted molar refractivity (Wildman–Crippen MR) is 35.6 cm³/mol. The van der Waals surface area contributed by atoms with Crippen LogP contribution < -0.4 is 5.73 Å². The van der Waals surface area contributed by atoms with Crippen LogP contribution in [0.3, 0.4) is 0 Å². The maximum Gasteiger partial charge on any atom is 0.123 e. The lowest BCUT2D eigenvalue weighted by Gasteiger charge is -2.16. The van der Waals surface area contributed by atoms with Gasteiger partial charge in [0.15, 0.2) is 0 Å². The fraction of sp³-hybridized carbons (Fsp3) is 0.714. The molecule has 0 aromatic heterocycles. The van der Waals surface area contributed by atoms with E-state index >= 15 is 0 Å². The highest BCUT2D eigenvalue weighted by Crippen LogP contribution is 2.19. The van der Waals surface area contributed by atoms with Gasteiger partial charge in [-0.05, 0) is 25.7 Å². The third-order valence-corrected chi connectivity index (χ3v) is 1.78. The van der Waals surface area contributed by atoms with Crippen LogP contribution >= 0.6 is 0 Å². The van der Waals surface area contributed by atoms with Crippen molar-refractivity contribution in [1.82, 2.24) is 0 Å². The number of allylic oxidation sites excluding steroid dienone is 1. The zero-order valence-corrected chi connectivity index (χ0v) is 5.39. The second-order valence-electron chi connectivity index (χ2n) is 2.54. The summed E-state index contributed by atoms with van der Waals surface area (Å²) < 4.78 is 0. The van der Waals surface area contributed by atoms with E-state index in [9.17, 15) is 4.79 Å². The van der Waals surface area contributed by atoms with Gasteiger partial charge in [0, 0.05) is 11.6 Å². The molecule has 2 N–H and O–H groups in total. The van der Waals surface area contributed by atoms with Gasteiger partial charge in [-0.2, -0.15) is 0 Å². The lowest BCUT2D eigenvalue weighted by Crippen LogP contribution is -2.23. The molecule has 1 aliphatic rings. The molecule has 0 atom stereocenters. The van der Waals surface area contributed by atoms with Crippen molar-refractivity contribution in [2.24, 2.45) is 5.73 Å². The van der Waals surface area contributed by atoms with Gasteiger partial charge in [-0.15, -0.1) is 0 Å². The Balaban J connectivity index is 2.44. The molecule has 0 aromatic rings. The third kappa shape index (κ3) is 1.67. The van der Waals surface area contributed by atoms with Crippen LogP contribution in [0.15, 0.2) is 5.57 Å². The maximum absolute atomic E-state index is 10.1. The zero-order chi connectivity index (χ0) is 6.69. The Morgan fingerprint density at radius 3 is 2.44 bits per heavy atom. The van der Waals surface area contributed by atoms with Crippen LogP contribution in [0.2, 0.25) is 0 Å². The number of rotatable bonds is 0. The Morgan fingerprint density at radius 2 is 2.00 bits per heavy atom. The van der Waals surface area contributed by atoms with Gasteiger partial charge in [0.2, 0.25) is 0 Å². The summed E-state index contributed by atoms with van der Waals surface area (Å²) in [6, 6.07) is 0.321. The first-order valence-electron chi connectivity index (χ1n) is 3.31. The molecule has 0 unspecified atom stereocenters. The first kappa shape index (κ1) is 6.53. The zero-order valence-electron chi connectivity index (χ0n) is 5.39. The molecule has 0 spiro atoms. The molecule has 0 aliphatic heterocycles. The summed E-state index contributed by atoms with van der Waals surface area (Å²) in [5.74, 6) is 1.94. The van der Waals surface area contributed by atoms with Crippen LogP contribution in [0.1, 0.15) is 25.7 Å². The fourth-order valence-electron chi connectivity index (χ4n) is 1.09. The van der Waals surface area contributed by atoms with Crippen molar-refractivity contribution in [3.63, 3.8) is 0 Å². The highest BCUT2D eigenvalue weighted by molar-refractivity contribution is 5.52. The molecule has 2 heteroatoms. The standard InChI is InChI=1S/C7H11NO/c8-7-3-1-6(5-9)2-4-7/h7H,1-4,8H2. The van der Waals surface area contributed by atoms with E-state index in [1.165, 1.54) is 0 Å². The molecule has 1 saturated carbocycles. The molecule has 2 nitrogen and oxygen atoms in total. The number of hydrogen-bond donors (Lipinski definition) is 1. The van der Waals surface area contributed by atoms with Gasteiger partial charge in [-0.25, -0.2) is 4.79 Å². The smallest absolute Gasteiger partial charge is 0.123 e. The minimum atomic E-state index is 0.321. The summed E-state index contributed by atoms with van der Waals surface area (Å²) in [5, 5.41) is 0. The topological polar surface area (TPSA) is 43.1 Å². The second kappa shape index (κ2) is 2.81. The molecule has 0 radical (unpaired) electrons. The predicted octanol–water partition coefficient (Wildman–Crippen LogP) is 0.646. The molecular weight excluding hydrogens is 114 g/mol. The quantitative estimate of drug-likeness (QED) is 0.483. The Bertz CT molecular complexity index is 137. The SMILES string of the molecule is NC1CCC(=C=O)CC1. The summed E-state index contributed by atoms with van der Waals surface area (Å²) >= 11 is 0. The third-order valence-electron chi connectivity index (χ3n) is 1.78. The van der Waals surface area contributed by atoms with E-state index < -0.39 is 0 Å². The van der Waals surface area contributed by atoms with Gasteiger partial charge in [-0.3, -0.25) is 0 Å². The van der Waals surface area contributed by atoms with E-state index in [1.807, 2.05) is 5.94 Å². The van der Waals surface area contributed by atoms with Crippen LogP contribution in [0.4, 0.5) is 0 Å². The summed E-state index contributed by atoms with van der Waals surface area (Å²) in [5.41, 5.74) is 6.52. The monoisotopic (exact) mass is 125 g/mol. The van der Waals surface area contributed by atoms with Crippen LogP contribution in [0.5, 0.6) is 0 Å². The molecular formula is C7H11NO. The average molecular weight is 125 g/mol. The van der Waals surface area contributed by atoms with Crippen molar-refractivity contribution in [3.05, 3.63) is 5.57 Å². The molecule has 0 bridgehead atoms. The number of carbonyl (C=O) groups excluding carboxylic acids is 1. The van der Waals surface area contributed by atoms with Crippen molar-refractivity contribution < 1.29 is 4.79 Å². The summed E-state index contributed by atoms with van der Waals surface area (Å²) in [6.07, 6.45) is 3.66. The first-order chi connectivity index (χ1) is 4.33. The largest absolute Gasteiger partial charge is 0.328 e. The maximum atomic E-state index is 10.1. The Morgan fingerprint density at radius 1 is 1.44 bits per heavy atom. The Hall–Kier alpha value is -0.590. The van der Waals surface area contributed by atoms with E-state index in [4.69, 9.17) is 5.73 Å². The van der Waals surface area contributed by atoms with Crippen LogP contribution in [0, 0.1) is 0 Å². The van der Waals surface area contributed by atoms with Gasteiger partial charge >= 0.3 is 0 Å². The van der Waals surface area contributed by atoms with Crippen molar-refractivity contribution in [1.29, 1.82) is 0 Å². The van der Waals surface area contributed by atoms with Gasteiger partial charge in [0.05, 0.1) is 0 Å². The van der Waals surface area contributed by atoms with Crippen molar-refractivity contribution in [2.45, 2.75) is 31.7 Å². The molecule has 1 rings (SSSR count). The molecule has 0 heterocycles. The molecule has 50 valence electrons. The normalized spacial score (nSPS) is 27.7. The lowest BCUT2D eigenvalue weighted by molar-refractivity contribution is 0.506. The molecule has 1 aliphatic carbocycles. The number of nitrogens with two attached hydrogens (primary N) is 1. The first-order valence-corrected chi connectivity index (χ1v) is 3.31. The van der Waals surface area contributed by atoms with E-state index in [1.54, 1.807) is 0 Å². The molecule has 0 amide bonds. The van der Waals surface area contributed by atoms with Gasteiger partial charge < -0.3 is 5.73 Å². The van der Waals surface area contributed by atoms with Crippen LogP contribution in [-0.4, -0.2) is 12.0 Å². The van der Waals surface area contributed by atoms with Crippen molar-refractivity contribution in [3.8, 4) is 0 Å². The Kier molecular flexibility index (Phi) is 2.04. The van der Waals surface area contributed by atoms with Crippen molar-refractivity contribution in [2.75, 3.05) is 0 Å². The molecule has 0 saturated heterocycles. The summed E-state index contributed by atoms with van der Waals surface area (Å²) in [6.45, 7) is 0. The summed E-state index contributed by atoms with van der Waals surface area (Å²) in [4.78, 5) is 10.1. The lowest BCUT2D eigenvalue weighted by atomic mass is 9.93. The van der Waals surface area contributed by atoms with Crippen molar-refractivity contribution >= 4 is 5.94 Å².